The van der Waals surface area contributed by atoms with Gasteiger partial charge in [-0.1, -0.05) is 12.8 Å². The number of aliphatic carboxylic acids is 1. The number of nitrogens with one attached hydrogen (secondary N) is 2. The molecule has 1 aromatic rings. The van der Waals surface area contributed by atoms with Gasteiger partial charge < -0.3 is 9.84 Å². The number of ether oxygens (including phenoxy) is 1. The van der Waals surface area contributed by atoms with Crippen LogP contribution in [0.3, 0.4) is 0 Å². The molecular formula is C16H19IN2O5. The minimum absolute atomic E-state index is 0.374. The first-order valence-corrected chi connectivity index (χ1v) is 8.68. The third-order valence-electron chi connectivity index (χ3n) is 4.13. The summed E-state index contributed by atoms with van der Waals surface area (Å²) in [5.41, 5.74) is 5.07. The van der Waals surface area contributed by atoms with E-state index in [9.17, 15) is 19.5 Å². The summed E-state index contributed by atoms with van der Waals surface area (Å²) in [5.74, 6) is -2.55. The molecule has 0 spiro atoms. The molecule has 1 aliphatic rings. The van der Waals surface area contributed by atoms with E-state index in [0.717, 1.165) is 16.4 Å². The van der Waals surface area contributed by atoms with Crippen molar-refractivity contribution in [3.63, 3.8) is 0 Å². The monoisotopic (exact) mass is 446 g/mol. The second kappa shape index (κ2) is 8.32. The molecule has 1 saturated carbocycles. The van der Waals surface area contributed by atoms with Crippen LogP contribution >= 0.6 is 22.6 Å². The second-order valence-electron chi connectivity index (χ2n) is 5.63. The molecule has 24 heavy (non-hydrogen) atoms. The van der Waals surface area contributed by atoms with Crippen LogP contribution < -0.4 is 15.6 Å². The molecule has 2 amide bonds. The highest BCUT2D eigenvalue weighted by molar-refractivity contribution is 14.1. The normalized spacial score (nSPS) is 20.1. The lowest BCUT2D eigenvalue weighted by Gasteiger charge is -2.27. The summed E-state index contributed by atoms with van der Waals surface area (Å²) >= 11 is 2.05. The van der Waals surface area contributed by atoms with Crippen molar-refractivity contribution in [1.82, 2.24) is 10.9 Å². The van der Waals surface area contributed by atoms with Gasteiger partial charge in [0.1, 0.15) is 5.75 Å². The van der Waals surface area contributed by atoms with E-state index in [2.05, 4.69) is 10.9 Å². The highest BCUT2D eigenvalue weighted by Crippen LogP contribution is 2.30. The smallest absolute Gasteiger partial charge is 0.307 e. The lowest BCUT2D eigenvalue weighted by atomic mass is 9.79. The first-order chi connectivity index (χ1) is 11.4. The van der Waals surface area contributed by atoms with Crippen molar-refractivity contribution in [2.24, 2.45) is 11.8 Å². The molecule has 130 valence electrons. The van der Waals surface area contributed by atoms with Gasteiger partial charge in [-0.25, -0.2) is 0 Å². The Balaban J connectivity index is 1.96. The molecular weight excluding hydrogens is 427 g/mol. The van der Waals surface area contributed by atoms with Gasteiger partial charge in [0, 0.05) is 5.56 Å². The minimum atomic E-state index is -0.967. The number of halogens is 1. The number of hydrazine groups is 1. The van der Waals surface area contributed by atoms with Crippen molar-refractivity contribution < 1.29 is 24.2 Å². The molecule has 1 aromatic carbocycles. The summed E-state index contributed by atoms with van der Waals surface area (Å²) in [6.07, 6.45) is 2.61. The summed E-state index contributed by atoms with van der Waals surface area (Å²) < 4.78 is 5.90. The van der Waals surface area contributed by atoms with Crippen molar-refractivity contribution in [2.75, 3.05) is 7.11 Å². The van der Waals surface area contributed by atoms with Gasteiger partial charge in [0.25, 0.3) is 5.91 Å². The fourth-order valence-electron chi connectivity index (χ4n) is 2.83. The molecule has 0 aliphatic heterocycles. The Hall–Kier alpha value is -1.84. The number of rotatable bonds is 4. The number of carbonyl (C=O) groups is 3. The van der Waals surface area contributed by atoms with Gasteiger partial charge in [-0.15, -0.1) is 0 Å². The van der Waals surface area contributed by atoms with Gasteiger partial charge in [0.15, 0.2) is 0 Å². The number of carboxylic acids is 1. The van der Waals surface area contributed by atoms with Crippen molar-refractivity contribution in [1.29, 1.82) is 0 Å². The second-order valence-corrected chi connectivity index (χ2v) is 6.79. The number of benzene rings is 1. The van der Waals surface area contributed by atoms with Crippen LogP contribution in [0.15, 0.2) is 18.2 Å². The predicted octanol–water partition coefficient (Wildman–Crippen LogP) is 1.95. The van der Waals surface area contributed by atoms with E-state index in [-0.39, 0.29) is 0 Å². The SMILES string of the molecule is COc1ccc(C(=O)NNC(=O)C2CCCCC2C(=O)O)cc1I. The highest BCUT2D eigenvalue weighted by Gasteiger charge is 2.35. The third-order valence-corrected chi connectivity index (χ3v) is 4.98. The molecule has 1 fully saturated rings. The molecule has 2 unspecified atom stereocenters. The molecule has 3 N–H and O–H groups in total. The Kier molecular flexibility index (Phi) is 6.41. The van der Waals surface area contributed by atoms with E-state index >= 15 is 0 Å². The molecule has 2 rings (SSSR count). The average molecular weight is 446 g/mol. The molecule has 0 saturated heterocycles. The Morgan fingerprint density at radius 3 is 2.42 bits per heavy atom. The zero-order valence-corrected chi connectivity index (χ0v) is 15.3. The van der Waals surface area contributed by atoms with Crippen LogP contribution in [0, 0.1) is 15.4 Å². The van der Waals surface area contributed by atoms with E-state index in [4.69, 9.17) is 4.74 Å². The topological polar surface area (TPSA) is 105 Å². The lowest BCUT2D eigenvalue weighted by Crippen LogP contribution is -2.47. The Morgan fingerprint density at radius 1 is 1.17 bits per heavy atom. The van der Waals surface area contributed by atoms with E-state index in [1.54, 1.807) is 25.3 Å². The van der Waals surface area contributed by atoms with Gasteiger partial charge in [0.05, 0.1) is 22.5 Å². The number of carbonyl (C=O) groups excluding carboxylic acids is 2. The molecule has 7 nitrogen and oxygen atoms in total. The summed E-state index contributed by atoms with van der Waals surface area (Å²) in [7, 11) is 1.54. The van der Waals surface area contributed by atoms with Crippen molar-refractivity contribution in [2.45, 2.75) is 25.7 Å². The zero-order valence-electron chi connectivity index (χ0n) is 13.2. The van der Waals surface area contributed by atoms with Gasteiger partial charge in [-0.2, -0.15) is 0 Å². The molecule has 0 aromatic heterocycles. The molecule has 0 radical (unpaired) electrons. The van der Waals surface area contributed by atoms with Crippen LogP contribution in [0.1, 0.15) is 36.0 Å². The summed E-state index contributed by atoms with van der Waals surface area (Å²) in [6, 6.07) is 4.89. The molecule has 8 heteroatoms. The quantitative estimate of drug-likeness (QED) is 0.485. The van der Waals surface area contributed by atoms with Crippen LogP contribution in [0.5, 0.6) is 5.75 Å². The van der Waals surface area contributed by atoms with Crippen molar-refractivity contribution >= 4 is 40.4 Å². The Morgan fingerprint density at radius 2 is 1.83 bits per heavy atom. The van der Waals surface area contributed by atoms with Crippen LogP contribution in [0.2, 0.25) is 0 Å². The Bertz CT molecular complexity index is 649. The van der Waals surface area contributed by atoms with Crippen molar-refractivity contribution in [3.8, 4) is 5.75 Å². The van der Waals surface area contributed by atoms with E-state index in [1.165, 1.54) is 0 Å². The molecule has 0 bridgehead atoms. The van der Waals surface area contributed by atoms with Gasteiger partial charge in [-0.05, 0) is 53.6 Å². The maximum Gasteiger partial charge on any atom is 0.307 e. The van der Waals surface area contributed by atoms with Crippen molar-refractivity contribution in [3.05, 3.63) is 27.3 Å². The van der Waals surface area contributed by atoms with Gasteiger partial charge in [0.2, 0.25) is 5.91 Å². The van der Waals surface area contributed by atoms with Gasteiger partial charge >= 0.3 is 5.97 Å². The van der Waals surface area contributed by atoms with E-state index in [0.29, 0.717) is 24.2 Å². The van der Waals surface area contributed by atoms with Crippen LogP contribution in [-0.2, 0) is 9.59 Å². The zero-order chi connectivity index (χ0) is 17.7. The molecule has 1 aliphatic carbocycles. The number of amides is 2. The van der Waals surface area contributed by atoms with E-state index < -0.39 is 29.6 Å². The Labute approximate surface area is 153 Å². The number of methoxy groups -OCH3 is 1. The maximum atomic E-state index is 12.2. The van der Waals surface area contributed by atoms with Crippen LogP contribution in [0.25, 0.3) is 0 Å². The largest absolute Gasteiger partial charge is 0.496 e. The third kappa shape index (κ3) is 4.37. The first kappa shape index (κ1) is 18.5. The fourth-order valence-corrected chi connectivity index (χ4v) is 3.57. The average Bonchev–Trinajstić information content (AvgIpc) is 2.59. The number of carboxylic acid groups (broad SMARTS) is 1. The minimum Gasteiger partial charge on any atom is -0.496 e. The summed E-state index contributed by atoms with van der Waals surface area (Å²) in [6.45, 7) is 0. The molecule has 2 atom stereocenters. The fraction of sp³-hybridized carbons (Fsp3) is 0.438. The molecule has 0 heterocycles. The number of hydrogen-bond acceptors (Lipinski definition) is 4. The lowest BCUT2D eigenvalue weighted by molar-refractivity contribution is -0.149. The van der Waals surface area contributed by atoms with Crippen LogP contribution in [-0.4, -0.2) is 30.0 Å². The first-order valence-electron chi connectivity index (χ1n) is 7.60. The standard InChI is InChI=1S/C16H19IN2O5/c1-24-13-7-6-9(8-12(13)17)14(20)18-19-15(21)10-4-2-3-5-11(10)16(22)23/h6-8,10-11H,2-5H2,1H3,(H,18,20)(H,19,21)(H,22,23). The summed E-state index contributed by atoms with van der Waals surface area (Å²) in [4.78, 5) is 35.6. The summed E-state index contributed by atoms with van der Waals surface area (Å²) in [5, 5.41) is 9.21. The predicted molar refractivity (Wildman–Crippen MR) is 94.4 cm³/mol. The van der Waals surface area contributed by atoms with Gasteiger partial charge in [-0.3, -0.25) is 25.2 Å². The maximum absolute atomic E-state index is 12.2. The number of hydrogen-bond donors (Lipinski definition) is 3. The van der Waals surface area contributed by atoms with Crippen LogP contribution in [0.4, 0.5) is 0 Å². The highest BCUT2D eigenvalue weighted by atomic mass is 127. The van der Waals surface area contributed by atoms with E-state index in [1.807, 2.05) is 22.6 Å².